The molecule has 2 aromatic carbocycles. The van der Waals surface area contributed by atoms with Crippen LogP contribution in [0.25, 0.3) is 0 Å². The molecule has 0 unspecified atom stereocenters. The van der Waals surface area contributed by atoms with Crippen LogP contribution in [0.2, 0.25) is 0 Å². The Kier molecular flexibility index (Phi) is 4.24. The van der Waals surface area contributed by atoms with Gasteiger partial charge < -0.3 is 15.1 Å². The highest BCUT2D eigenvalue weighted by atomic mass is 16.2. The highest BCUT2D eigenvalue weighted by Gasteiger charge is 2.29. The minimum Gasteiger partial charge on any atom is -0.359 e. The summed E-state index contributed by atoms with van der Waals surface area (Å²) < 4.78 is 0. The van der Waals surface area contributed by atoms with Gasteiger partial charge in [-0.3, -0.25) is 9.59 Å². The van der Waals surface area contributed by atoms with Gasteiger partial charge in [-0.1, -0.05) is 54.6 Å². The van der Waals surface area contributed by atoms with Crippen LogP contribution in [0.5, 0.6) is 0 Å². The van der Waals surface area contributed by atoms with Gasteiger partial charge in [0.25, 0.3) is 5.91 Å². The zero-order chi connectivity index (χ0) is 19.8. The Morgan fingerprint density at radius 1 is 1.00 bits per heavy atom. The fraction of sp³-hybridized carbons (Fsp3) is 0.174. The summed E-state index contributed by atoms with van der Waals surface area (Å²) in [4.78, 5) is 33.6. The Hall–Kier alpha value is -3.67. The van der Waals surface area contributed by atoms with E-state index in [9.17, 15) is 9.59 Å². The van der Waals surface area contributed by atoms with Crippen LogP contribution in [0.3, 0.4) is 0 Å². The smallest absolute Gasteiger partial charge is 0.256 e. The lowest BCUT2D eigenvalue weighted by atomic mass is 10.1. The van der Waals surface area contributed by atoms with E-state index >= 15 is 0 Å². The first-order valence-electron chi connectivity index (χ1n) is 9.63. The third-order valence-corrected chi connectivity index (χ3v) is 5.42. The van der Waals surface area contributed by atoms with E-state index in [1.165, 1.54) is 11.1 Å². The monoisotopic (exact) mass is 384 g/mol. The van der Waals surface area contributed by atoms with Crippen LogP contribution in [0.4, 0.5) is 11.5 Å². The molecule has 6 heteroatoms. The molecular formula is C23H20N4O2. The standard InChI is InChI=1S/C23H20N4O2/c28-21-12-25-22-20(27(21)13-16-6-2-1-3-7-16)10-19(11-24-22)23(29)26-14-17-8-4-5-9-18(17)15-26/h1-11H,12-15H2,(H,24,25). The molecule has 0 radical (unpaired) electrons. The van der Waals surface area contributed by atoms with Gasteiger partial charge >= 0.3 is 0 Å². The number of nitrogens with one attached hydrogen (secondary N) is 1. The molecule has 144 valence electrons. The molecule has 0 aliphatic carbocycles. The summed E-state index contributed by atoms with van der Waals surface area (Å²) in [5.41, 5.74) is 4.52. The summed E-state index contributed by atoms with van der Waals surface area (Å²) in [7, 11) is 0. The summed E-state index contributed by atoms with van der Waals surface area (Å²) in [6, 6.07) is 19.7. The van der Waals surface area contributed by atoms with Gasteiger partial charge in [0.05, 0.1) is 24.3 Å². The molecular weight excluding hydrogens is 364 g/mol. The van der Waals surface area contributed by atoms with Crippen molar-refractivity contribution in [3.05, 3.63) is 89.1 Å². The topological polar surface area (TPSA) is 65.5 Å². The Bertz CT molecular complexity index is 1070. The molecule has 1 N–H and O–H groups in total. The fourth-order valence-corrected chi connectivity index (χ4v) is 3.90. The number of anilines is 2. The zero-order valence-electron chi connectivity index (χ0n) is 15.8. The number of carbonyl (C=O) groups is 2. The highest BCUT2D eigenvalue weighted by molar-refractivity contribution is 6.04. The molecule has 2 aliphatic rings. The van der Waals surface area contributed by atoms with E-state index < -0.39 is 0 Å². The largest absolute Gasteiger partial charge is 0.359 e. The molecule has 0 atom stereocenters. The van der Waals surface area contributed by atoms with E-state index in [2.05, 4.69) is 22.4 Å². The van der Waals surface area contributed by atoms with E-state index in [4.69, 9.17) is 0 Å². The number of hydrogen-bond donors (Lipinski definition) is 1. The average molecular weight is 384 g/mol. The number of aromatic nitrogens is 1. The highest BCUT2D eigenvalue weighted by Crippen LogP contribution is 2.31. The van der Waals surface area contributed by atoms with Crippen molar-refractivity contribution < 1.29 is 9.59 Å². The van der Waals surface area contributed by atoms with Crippen molar-refractivity contribution in [2.75, 3.05) is 16.8 Å². The molecule has 5 rings (SSSR count). The number of hydrogen-bond acceptors (Lipinski definition) is 4. The van der Waals surface area contributed by atoms with Crippen LogP contribution >= 0.6 is 0 Å². The molecule has 0 bridgehead atoms. The SMILES string of the molecule is O=C(c1cnc2c(c1)N(Cc1ccccc1)C(=O)CN2)N1Cc2ccccc2C1. The van der Waals surface area contributed by atoms with Crippen molar-refractivity contribution in [3.63, 3.8) is 0 Å². The Morgan fingerprint density at radius 3 is 2.41 bits per heavy atom. The van der Waals surface area contributed by atoms with Gasteiger partial charge in [-0.2, -0.15) is 0 Å². The van der Waals surface area contributed by atoms with E-state index in [1.54, 1.807) is 17.2 Å². The predicted molar refractivity (Wildman–Crippen MR) is 110 cm³/mol. The number of nitrogens with zero attached hydrogens (tertiary/aromatic N) is 3. The maximum atomic E-state index is 13.1. The number of fused-ring (bicyclic) bond motifs is 2. The van der Waals surface area contributed by atoms with Gasteiger partial charge in [-0.05, 0) is 22.8 Å². The normalized spacial score (nSPS) is 15.0. The van der Waals surface area contributed by atoms with E-state index in [1.807, 2.05) is 47.4 Å². The third kappa shape index (κ3) is 3.23. The molecule has 0 saturated carbocycles. The lowest BCUT2D eigenvalue weighted by Crippen LogP contribution is -2.40. The second-order valence-corrected chi connectivity index (χ2v) is 7.34. The molecule has 2 amide bonds. The molecule has 2 aliphatic heterocycles. The van der Waals surface area contributed by atoms with Crippen LogP contribution < -0.4 is 10.2 Å². The van der Waals surface area contributed by atoms with Crippen molar-refractivity contribution in [1.29, 1.82) is 0 Å². The van der Waals surface area contributed by atoms with Gasteiger partial charge in [0.1, 0.15) is 0 Å². The molecule has 3 aromatic rings. The van der Waals surface area contributed by atoms with Crippen molar-refractivity contribution in [2.45, 2.75) is 19.6 Å². The molecule has 0 saturated heterocycles. The Balaban J connectivity index is 1.44. The first kappa shape index (κ1) is 17.4. The molecule has 6 nitrogen and oxygen atoms in total. The molecule has 1 aromatic heterocycles. The fourth-order valence-electron chi connectivity index (χ4n) is 3.90. The number of pyridine rings is 1. The molecule has 29 heavy (non-hydrogen) atoms. The van der Waals surface area contributed by atoms with Crippen molar-refractivity contribution in [1.82, 2.24) is 9.88 Å². The van der Waals surface area contributed by atoms with Gasteiger partial charge in [0, 0.05) is 19.3 Å². The van der Waals surface area contributed by atoms with Crippen LogP contribution in [-0.4, -0.2) is 28.2 Å². The van der Waals surface area contributed by atoms with E-state index in [0.29, 0.717) is 36.7 Å². The number of benzene rings is 2. The van der Waals surface area contributed by atoms with Crippen molar-refractivity contribution in [2.24, 2.45) is 0 Å². The first-order valence-corrected chi connectivity index (χ1v) is 9.63. The Morgan fingerprint density at radius 2 is 1.69 bits per heavy atom. The second kappa shape index (κ2) is 7.05. The summed E-state index contributed by atoms with van der Waals surface area (Å²) in [5.74, 6) is 0.511. The minimum atomic E-state index is -0.0748. The van der Waals surface area contributed by atoms with E-state index in [-0.39, 0.29) is 18.4 Å². The van der Waals surface area contributed by atoms with Gasteiger partial charge in [0.15, 0.2) is 5.82 Å². The predicted octanol–water partition coefficient (Wildman–Crippen LogP) is 3.20. The van der Waals surface area contributed by atoms with Crippen LogP contribution in [0.15, 0.2) is 66.9 Å². The zero-order valence-corrected chi connectivity index (χ0v) is 15.8. The third-order valence-electron chi connectivity index (χ3n) is 5.42. The number of amides is 2. The number of carbonyl (C=O) groups excluding carboxylic acids is 2. The summed E-state index contributed by atoms with van der Waals surface area (Å²) >= 11 is 0. The van der Waals surface area contributed by atoms with Gasteiger partial charge in [0.2, 0.25) is 5.91 Å². The van der Waals surface area contributed by atoms with E-state index in [0.717, 1.165) is 5.56 Å². The summed E-state index contributed by atoms with van der Waals surface area (Å²) in [6.07, 6.45) is 1.59. The van der Waals surface area contributed by atoms with Gasteiger partial charge in [-0.25, -0.2) is 4.98 Å². The van der Waals surface area contributed by atoms with Crippen LogP contribution in [-0.2, 0) is 24.4 Å². The molecule has 3 heterocycles. The molecule has 0 spiro atoms. The quantitative estimate of drug-likeness (QED) is 0.753. The molecule has 0 fully saturated rings. The van der Waals surface area contributed by atoms with Crippen LogP contribution in [0.1, 0.15) is 27.0 Å². The average Bonchev–Trinajstić information content (AvgIpc) is 3.20. The second-order valence-electron chi connectivity index (χ2n) is 7.34. The minimum absolute atomic E-state index is 0.0404. The summed E-state index contributed by atoms with van der Waals surface area (Å²) in [5, 5.41) is 3.05. The summed E-state index contributed by atoms with van der Waals surface area (Å²) in [6.45, 7) is 1.83. The van der Waals surface area contributed by atoms with Crippen molar-refractivity contribution >= 4 is 23.3 Å². The van der Waals surface area contributed by atoms with Gasteiger partial charge in [-0.15, -0.1) is 0 Å². The number of rotatable bonds is 3. The first-order chi connectivity index (χ1) is 14.2. The lowest BCUT2D eigenvalue weighted by molar-refractivity contribution is -0.117. The maximum Gasteiger partial charge on any atom is 0.256 e. The van der Waals surface area contributed by atoms with Crippen molar-refractivity contribution in [3.8, 4) is 0 Å². The van der Waals surface area contributed by atoms with Crippen LogP contribution in [0, 0.1) is 0 Å². The Labute approximate surface area is 168 Å². The lowest BCUT2D eigenvalue weighted by Gasteiger charge is -2.30. The maximum absolute atomic E-state index is 13.1.